The second-order valence-corrected chi connectivity index (χ2v) is 5.57. The maximum absolute atomic E-state index is 12.1. The third-order valence-electron chi connectivity index (χ3n) is 3.53. The first-order valence-corrected chi connectivity index (χ1v) is 7.44. The van der Waals surface area contributed by atoms with Gasteiger partial charge in [-0.3, -0.25) is 0 Å². The Morgan fingerprint density at radius 1 is 0.957 bits per heavy atom. The Morgan fingerprint density at radius 2 is 1.48 bits per heavy atom. The van der Waals surface area contributed by atoms with Crippen molar-refractivity contribution >= 4 is 11.9 Å². The van der Waals surface area contributed by atoms with Crippen molar-refractivity contribution < 1.29 is 9.53 Å². The van der Waals surface area contributed by atoms with Gasteiger partial charge >= 0.3 is 5.97 Å². The molecule has 0 bridgehead atoms. The fourth-order valence-electron chi connectivity index (χ4n) is 2.55. The molecule has 0 aromatic heterocycles. The van der Waals surface area contributed by atoms with Gasteiger partial charge in [-0.1, -0.05) is 60.7 Å². The lowest BCUT2D eigenvalue weighted by Crippen LogP contribution is -2.16. The van der Waals surface area contributed by atoms with Crippen LogP contribution in [0.4, 0.5) is 0 Å². The van der Waals surface area contributed by atoms with Gasteiger partial charge in [0.2, 0.25) is 5.90 Å². The summed E-state index contributed by atoms with van der Waals surface area (Å²) in [7, 11) is 3.69. The number of ether oxygens (including phenoxy) is 1. The Kier molecular flexibility index (Phi) is 4.24. The van der Waals surface area contributed by atoms with Gasteiger partial charge in [-0.25, -0.2) is 9.79 Å². The van der Waals surface area contributed by atoms with Crippen molar-refractivity contribution in [1.29, 1.82) is 0 Å². The van der Waals surface area contributed by atoms with Crippen LogP contribution >= 0.6 is 0 Å². The van der Waals surface area contributed by atoms with Gasteiger partial charge in [-0.2, -0.15) is 0 Å². The van der Waals surface area contributed by atoms with E-state index in [4.69, 9.17) is 4.74 Å². The van der Waals surface area contributed by atoms with E-state index in [0.717, 1.165) is 11.1 Å². The lowest BCUT2D eigenvalue weighted by molar-refractivity contribution is -0.130. The van der Waals surface area contributed by atoms with Crippen molar-refractivity contribution in [2.24, 2.45) is 4.99 Å². The molecule has 0 unspecified atom stereocenters. The fraction of sp³-hybridized carbons (Fsp3) is 0.158. The number of rotatable bonds is 4. The maximum atomic E-state index is 12.1. The van der Waals surface area contributed by atoms with E-state index >= 15 is 0 Å². The summed E-state index contributed by atoms with van der Waals surface area (Å²) in [6.07, 6.45) is 1.67. The van der Waals surface area contributed by atoms with E-state index in [9.17, 15) is 4.79 Å². The van der Waals surface area contributed by atoms with Gasteiger partial charge in [0.25, 0.3) is 0 Å². The Bertz CT molecular complexity index is 710. The van der Waals surface area contributed by atoms with Crippen LogP contribution in [0.3, 0.4) is 0 Å². The number of nitrogens with zero attached hydrogens (tertiary/aromatic N) is 2. The minimum Gasteiger partial charge on any atom is -0.406 e. The van der Waals surface area contributed by atoms with Gasteiger partial charge in [0, 0.05) is 20.3 Å². The molecule has 1 aliphatic heterocycles. The Morgan fingerprint density at radius 3 is 1.96 bits per heavy atom. The summed E-state index contributed by atoms with van der Waals surface area (Å²) >= 11 is 0. The summed E-state index contributed by atoms with van der Waals surface area (Å²) in [5.41, 5.74) is 2.40. The van der Waals surface area contributed by atoms with Crippen LogP contribution < -0.4 is 0 Å². The number of carbonyl (C=O) groups excluding carboxylic acids is 1. The molecule has 0 N–H and O–H groups in total. The van der Waals surface area contributed by atoms with Crippen LogP contribution in [0.15, 0.2) is 77.6 Å². The number of benzene rings is 2. The fourth-order valence-corrected chi connectivity index (χ4v) is 2.55. The van der Waals surface area contributed by atoms with E-state index in [-0.39, 0.29) is 5.92 Å². The van der Waals surface area contributed by atoms with Crippen LogP contribution in [0.25, 0.3) is 0 Å². The zero-order valence-corrected chi connectivity index (χ0v) is 13.1. The van der Waals surface area contributed by atoms with E-state index < -0.39 is 5.97 Å². The van der Waals surface area contributed by atoms with E-state index in [2.05, 4.69) is 4.99 Å². The Hall–Kier alpha value is -2.88. The molecule has 0 amide bonds. The Labute approximate surface area is 135 Å². The predicted octanol–water partition coefficient (Wildman–Crippen LogP) is 3.18. The van der Waals surface area contributed by atoms with E-state index in [1.165, 1.54) is 0 Å². The van der Waals surface area contributed by atoms with E-state index in [1.54, 1.807) is 11.1 Å². The number of aliphatic imine (C=N–C) groups is 1. The van der Waals surface area contributed by atoms with Crippen molar-refractivity contribution in [1.82, 2.24) is 4.90 Å². The van der Waals surface area contributed by atoms with Crippen LogP contribution in [0, 0.1) is 0 Å². The summed E-state index contributed by atoms with van der Waals surface area (Å²) in [5.74, 6) is -0.194. The minimum absolute atomic E-state index is 0.200. The molecule has 23 heavy (non-hydrogen) atoms. The molecule has 0 saturated heterocycles. The largest absolute Gasteiger partial charge is 0.406 e. The summed E-state index contributed by atoms with van der Waals surface area (Å²) in [4.78, 5) is 18.3. The highest BCUT2D eigenvalue weighted by atomic mass is 16.6. The molecule has 3 rings (SSSR count). The van der Waals surface area contributed by atoms with Crippen molar-refractivity contribution in [3.05, 3.63) is 83.7 Å². The number of esters is 1. The minimum atomic E-state index is -0.412. The molecule has 0 atom stereocenters. The third kappa shape index (κ3) is 3.31. The van der Waals surface area contributed by atoms with Crippen LogP contribution in [0.1, 0.15) is 17.0 Å². The zero-order chi connectivity index (χ0) is 16.2. The van der Waals surface area contributed by atoms with E-state index in [1.807, 2.05) is 74.8 Å². The van der Waals surface area contributed by atoms with Crippen LogP contribution in [0.5, 0.6) is 0 Å². The lowest BCUT2D eigenvalue weighted by Gasteiger charge is -2.16. The highest BCUT2D eigenvalue weighted by Gasteiger charge is 2.31. The molecule has 4 heteroatoms. The third-order valence-corrected chi connectivity index (χ3v) is 3.53. The number of hydrogen-bond donors (Lipinski definition) is 0. The molecular formula is C19H18N2O2. The summed E-state index contributed by atoms with van der Waals surface area (Å²) in [6.45, 7) is 0. The van der Waals surface area contributed by atoms with Gasteiger partial charge < -0.3 is 9.64 Å². The molecule has 4 nitrogen and oxygen atoms in total. The molecule has 0 saturated carbocycles. The summed E-state index contributed by atoms with van der Waals surface area (Å²) in [5, 5.41) is 0. The average Bonchev–Trinajstić information content (AvgIpc) is 2.89. The topological polar surface area (TPSA) is 41.9 Å². The SMILES string of the molecule is CN(C)C=C1N=C(C(c2ccccc2)c2ccccc2)OC1=O. The first-order valence-electron chi connectivity index (χ1n) is 7.44. The molecule has 0 spiro atoms. The molecule has 0 radical (unpaired) electrons. The van der Waals surface area contributed by atoms with Gasteiger partial charge in [0.05, 0.1) is 5.92 Å². The number of cyclic esters (lactones) is 1. The average molecular weight is 306 g/mol. The number of hydrogen-bond acceptors (Lipinski definition) is 4. The van der Waals surface area contributed by atoms with Gasteiger partial charge in [-0.05, 0) is 11.1 Å². The van der Waals surface area contributed by atoms with Crippen LogP contribution in [0.2, 0.25) is 0 Å². The van der Waals surface area contributed by atoms with Crippen LogP contribution in [-0.2, 0) is 9.53 Å². The van der Waals surface area contributed by atoms with Crippen LogP contribution in [-0.4, -0.2) is 30.9 Å². The summed E-state index contributed by atoms with van der Waals surface area (Å²) < 4.78 is 5.46. The Balaban J connectivity index is 2.05. The molecule has 116 valence electrons. The molecule has 1 heterocycles. The quantitative estimate of drug-likeness (QED) is 0.643. The molecule has 0 aliphatic carbocycles. The normalized spacial score (nSPS) is 15.7. The first kappa shape index (κ1) is 15.0. The lowest BCUT2D eigenvalue weighted by atomic mass is 9.91. The monoisotopic (exact) mass is 306 g/mol. The maximum Gasteiger partial charge on any atom is 0.365 e. The van der Waals surface area contributed by atoms with Crippen molar-refractivity contribution in [2.75, 3.05) is 14.1 Å². The van der Waals surface area contributed by atoms with Crippen molar-refractivity contribution in [3.8, 4) is 0 Å². The smallest absolute Gasteiger partial charge is 0.365 e. The van der Waals surface area contributed by atoms with E-state index in [0.29, 0.717) is 11.6 Å². The molecule has 2 aromatic rings. The van der Waals surface area contributed by atoms with Crippen molar-refractivity contribution in [2.45, 2.75) is 5.92 Å². The van der Waals surface area contributed by atoms with Gasteiger partial charge in [0.15, 0.2) is 5.70 Å². The van der Waals surface area contributed by atoms with Gasteiger partial charge in [0.1, 0.15) is 0 Å². The standard InChI is InChI=1S/C19H18N2O2/c1-21(2)13-16-19(22)23-18(20-16)17(14-9-5-3-6-10-14)15-11-7-4-8-12-15/h3-13,17H,1-2H3. The molecule has 0 fully saturated rings. The highest BCUT2D eigenvalue weighted by molar-refractivity contribution is 6.07. The molecule has 2 aromatic carbocycles. The zero-order valence-electron chi connectivity index (χ0n) is 13.1. The van der Waals surface area contributed by atoms with Gasteiger partial charge in [-0.15, -0.1) is 0 Å². The first-order chi connectivity index (χ1) is 11.1. The molecule has 1 aliphatic rings. The highest BCUT2D eigenvalue weighted by Crippen LogP contribution is 2.30. The van der Waals surface area contributed by atoms with Crippen molar-refractivity contribution in [3.63, 3.8) is 0 Å². The molecular weight excluding hydrogens is 288 g/mol. The second kappa shape index (κ2) is 6.48. The second-order valence-electron chi connectivity index (χ2n) is 5.57. The summed E-state index contributed by atoms with van der Waals surface area (Å²) in [6, 6.07) is 19.9. The predicted molar refractivity (Wildman–Crippen MR) is 90.0 cm³/mol. The number of carbonyl (C=O) groups is 1.